The molecule has 0 spiro atoms. The summed E-state index contributed by atoms with van der Waals surface area (Å²) >= 11 is 0. The van der Waals surface area contributed by atoms with Crippen molar-refractivity contribution in [3.63, 3.8) is 0 Å². The molecule has 4 heteroatoms. The Balaban J connectivity index is 1.50. The molecule has 0 fully saturated rings. The van der Waals surface area contributed by atoms with Gasteiger partial charge in [-0.15, -0.1) is 0 Å². The second kappa shape index (κ2) is 8.56. The van der Waals surface area contributed by atoms with Crippen LogP contribution in [-0.4, -0.2) is 30.6 Å². The average Bonchev–Trinajstić information content (AvgIpc) is 2.74. The molecule has 0 unspecified atom stereocenters. The first-order valence-electron chi connectivity index (χ1n) is 10.3. The first kappa shape index (κ1) is 19.3. The van der Waals surface area contributed by atoms with Gasteiger partial charge in [-0.3, -0.25) is 4.79 Å². The van der Waals surface area contributed by atoms with Crippen LogP contribution in [-0.2, 0) is 24.2 Å². The van der Waals surface area contributed by atoms with Gasteiger partial charge in [0.15, 0.2) is 11.5 Å². The molecule has 0 aliphatic carbocycles. The lowest BCUT2D eigenvalue weighted by molar-refractivity contribution is -0.131. The van der Waals surface area contributed by atoms with Crippen molar-refractivity contribution in [1.29, 1.82) is 0 Å². The predicted molar refractivity (Wildman–Crippen MR) is 116 cm³/mol. The lowest BCUT2D eigenvalue weighted by Crippen LogP contribution is -2.37. The molecule has 0 atom stereocenters. The molecule has 150 valence electrons. The van der Waals surface area contributed by atoms with E-state index >= 15 is 0 Å². The van der Waals surface area contributed by atoms with E-state index in [9.17, 15) is 4.79 Å². The summed E-state index contributed by atoms with van der Waals surface area (Å²) < 4.78 is 11.5. The third-order valence-corrected chi connectivity index (χ3v) is 5.40. The molecule has 0 aromatic heterocycles. The van der Waals surface area contributed by atoms with E-state index in [1.54, 1.807) is 0 Å². The zero-order chi connectivity index (χ0) is 20.2. The molecule has 4 nitrogen and oxygen atoms in total. The number of carbonyl (C=O) groups excluding carboxylic acids is 1. The Morgan fingerprint density at radius 1 is 0.897 bits per heavy atom. The molecule has 0 N–H and O–H groups in total. The Kier molecular flexibility index (Phi) is 5.70. The van der Waals surface area contributed by atoms with Gasteiger partial charge in [0.1, 0.15) is 0 Å². The van der Waals surface area contributed by atoms with Crippen molar-refractivity contribution in [2.45, 2.75) is 33.2 Å². The van der Waals surface area contributed by atoms with Crippen molar-refractivity contribution >= 4 is 16.7 Å². The number of benzene rings is 3. The van der Waals surface area contributed by atoms with E-state index in [0.717, 1.165) is 35.6 Å². The van der Waals surface area contributed by atoms with Crippen molar-refractivity contribution in [3.05, 3.63) is 71.3 Å². The minimum absolute atomic E-state index is 0.165. The molecule has 4 rings (SSSR count). The SMILES string of the molecule is CCOc1cc2c(cc1OCC)CN(C(=O)Cc1ccc3ccccc3c1)CC2. The summed E-state index contributed by atoms with van der Waals surface area (Å²) in [5.74, 6) is 1.72. The number of ether oxygens (including phenoxy) is 2. The predicted octanol–water partition coefficient (Wildman–Crippen LogP) is 4.76. The van der Waals surface area contributed by atoms with E-state index in [1.807, 2.05) is 36.9 Å². The summed E-state index contributed by atoms with van der Waals surface area (Å²) in [4.78, 5) is 14.9. The number of fused-ring (bicyclic) bond motifs is 2. The molecular weight excluding hydrogens is 362 g/mol. The number of nitrogens with zero attached hydrogens (tertiary/aromatic N) is 1. The molecule has 3 aromatic carbocycles. The zero-order valence-corrected chi connectivity index (χ0v) is 17.1. The van der Waals surface area contributed by atoms with Crippen molar-refractivity contribution < 1.29 is 14.3 Å². The summed E-state index contributed by atoms with van der Waals surface area (Å²) in [6.07, 6.45) is 1.26. The smallest absolute Gasteiger partial charge is 0.227 e. The first-order chi connectivity index (χ1) is 14.2. The average molecular weight is 389 g/mol. The molecule has 1 aliphatic heterocycles. The second-order valence-corrected chi connectivity index (χ2v) is 7.36. The maximum atomic E-state index is 13.0. The van der Waals surface area contributed by atoms with Crippen molar-refractivity contribution in [1.82, 2.24) is 4.90 Å². The molecule has 1 aliphatic rings. The van der Waals surface area contributed by atoms with Gasteiger partial charge in [-0.05, 0) is 59.9 Å². The van der Waals surface area contributed by atoms with Gasteiger partial charge in [-0.2, -0.15) is 0 Å². The van der Waals surface area contributed by atoms with E-state index in [-0.39, 0.29) is 5.91 Å². The Bertz CT molecular complexity index is 1030. The minimum Gasteiger partial charge on any atom is -0.490 e. The van der Waals surface area contributed by atoms with Gasteiger partial charge >= 0.3 is 0 Å². The zero-order valence-electron chi connectivity index (χ0n) is 17.1. The van der Waals surface area contributed by atoms with Crippen LogP contribution in [0.4, 0.5) is 0 Å². The van der Waals surface area contributed by atoms with Gasteiger partial charge < -0.3 is 14.4 Å². The Morgan fingerprint density at radius 2 is 1.59 bits per heavy atom. The van der Waals surface area contributed by atoms with Crippen LogP contribution in [0.5, 0.6) is 11.5 Å². The molecule has 1 amide bonds. The van der Waals surface area contributed by atoms with Gasteiger partial charge in [-0.25, -0.2) is 0 Å². The van der Waals surface area contributed by atoms with E-state index < -0.39 is 0 Å². The summed E-state index contributed by atoms with van der Waals surface area (Å²) in [6.45, 7) is 6.49. The fourth-order valence-corrected chi connectivity index (χ4v) is 3.95. The number of amides is 1. The van der Waals surface area contributed by atoms with Crippen molar-refractivity contribution in [2.24, 2.45) is 0 Å². The highest BCUT2D eigenvalue weighted by Gasteiger charge is 2.23. The highest BCUT2D eigenvalue weighted by molar-refractivity contribution is 5.85. The fraction of sp³-hybridized carbons (Fsp3) is 0.320. The van der Waals surface area contributed by atoms with Crippen LogP contribution in [0.25, 0.3) is 10.8 Å². The molecule has 1 heterocycles. The largest absolute Gasteiger partial charge is 0.490 e. The molecule has 29 heavy (non-hydrogen) atoms. The first-order valence-corrected chi connectivity index (χ1v) is 10.3. The van der Waals surface area contributed by atoms with Crippen LogP contribution in [0, 0.1) is 0 Å². The highest BCUT2D eigenvalue weighted by Crippen LogP contribution is 2.34. The Hall–Kier alpha value is -3.01. The van der Waals surface area contributed by atoms with Crippen LogP contribution in [0.2, 0.25) is 0 Å². The third-order valence-electron chi connectivity index (χ3n) is 5.40. The quantitative estimate of drug-likeness (QED) is 0.610. The van der Waals surface area contributed by atoms with Crippen LogP contribution in [0.1, 0.15) is 30.5 Å². The summed E-state index contributed by atoms with van der Waals surface area (Å²) in [5, 5.41) is 2.37. The van der Waals surface area contributed by atoms with Crippen LogP contribution >= 0.6 is 0 Å². The van der Waals surface area contributed by atoms with E-state index in [0.29, 0.717) is 26.2 Å². The minimum atomic E-state index is 0.165. The maximum absolute atomic E-state index is 13.0. The van der Waals surface area contributed by atoms with E-state index in [2.05, 4.69) is 36.4 Å². The summed E-state index contributed by atoms with van der Waals surface area (Å²) in [7, 11) is 0. The number of carbonyl (C=O) groups is 1. The molecular formula is C25H27NO3. The van der Waals surface area contributed by atoms with Crippen LogP contribution in [0.3, 0.4) is 0 Å². The fourth-order valence-electron chi connectivity index (χ4n) is 3.95. The number of hydrogen-bond acceptors (Lipinski definition) is 3. The van der Waals surface area contributed by atoms with Crippen molar-refractivity contribution in [2.75, 3.05) is 19.8 Å². The van der Waals surface area contributed by atoms with Gasteiger partial charge in [0.25, 0.3) is 0 Å². The molecule has 0 saturated carbocycles. The van der Waals surface area contributed by atoms with Gasteiger partial charge in [0, 0.05) is 13.1 Å². The van der Waals surface area contributed by atoms with E-state index in [4.69, 9.17) is 9.47 Å². The lowest BCUT2D eigenvalue weighted by atomic mass is 9.98. The summed E-state index contributed by atoms with van der Waals surface area (Å²) in [6, 6.07) is 18.6. The second-order valence-electron chi connectivity index (χ2n) is 7.36. The van der Waals surface area contributed by atoms with Crippen LogP contribution < -0.4 is 9.47 Å². The standard InChI is InChI=1S/C25H27NO3/c1-3-28-23-15-21-11-12-26(17-22(21)16-24(23)29-4-2)25(27)14-18-9-10-19-7-5-6-8-20(19)13-18/h5-10,13,15-16H,3-4,11-12,14,17H2,1-2H3. The molecule has 0 saturated heterocycles. The Labute approximate surface area is 172 Å². The maximum Gasteiger partial charge on any atom is 0.227 e. The highest BCUT2D eigenvalue weighted by atomic mass is 16.5. The Morgan fingerprint density at radius 3 is 2.31 bits per heavy atom. The third kappa shape index (κ3) is 4.21. The van der Waals surface area contributed by atoms with E-state index in [1.165, 1.54) is 16.3 Å². The molecule has 0 radical (unpaired) electrons. The van der Waals surface area contributed by atoms with Gasteiger partial charge in [-0.1, -0.05) is 42.5 Å². The monoisotopic (exact) mass is 389 g/mol. The normalized spacial score (nSPS) is 13.2. The van der Waals surface area contributed by atoms with Gasteiger partial charge in [0.05, 0.1) is 19.6 Å². The van der Waals surface area contributed by atoms with Gasteiger partial charge in [0.2, 0.25) is 5.91 Å². The van der Waals surface area contributed by atoms with Crippen molar-refractivity contribution in [3.8, 4) is 11.5 Å². The number of rotatable bonds is 6. The summed E-state index contributed by atoms with van der Waals surface area (Å²) in [5.41, 5.74) is 3.45. The lowest BCUT2D eigenvalue weighted by Gasteiger charge is -2.30. The molecule has 0 bridgehead atoms. The number of hydrogen-bond donors (Lipinski definition) is 0. The topological polar surface area (TPSA) is 38.8 Å². The molecule has 3 aromatic rings. The van der Waals surface area contributed by atoms with Crippen LogP contribution in [0.15, 0.2) is 54.6 Å².